The molecule has 1 aliphatic heterocycles. The summed E-state index contributed by atoms with van der Waals surface area (Å²) in [6.45, 7) is 8.15. The smallest absolute Gasteiger partial charge is 0.163 e. The van der Waals surface area contributed by atoms with E-state index in [1.165, 1.54) is 0 Å². The number of hydrogen-bond donors (Lipinski definition) is 1. The Morgan fingerprint density at radius 2 is 2.11 bits per heavy atom. The summed E-state index contributed by atoms with van der Waals surface area (Å²) in [6, 6.07) is 9.87. The van der Waals surface area contributed by atoms with Gasteiger partial charge >= 0.3 is 0 Å². The van der Waals surface area contributed by atoms with Gasteiger partial charge in [0.05, 0.1) is 12.7 Å². The minimum absolute atomic E-state index is 0.277. The van der Waals surface area contributed by atoms with E-state index in [9.17, 15) is 5.11 Å². The van der Waals surface area contributed by atoms with Gasteiger partial charge in [0, 0.05) is 6.42 Å². The second-order valence-electron chi connectivity index (χ2n) is 5.11. The minimum Gasteiger partial charge on any atom is -0.390 e. The van der Waals surface area contributed by atoms with Gasteiger partial charge in [-0.1, -0.05) is 36.9 Å². The van der Waals surface area contributed by atoms with Crippen molar-refractivity contribution in [1.29, 1.82) is 0 Å². The van der Waals surface area contributed by atoms with Crippen LogP contribution in [0.25, 0.3) is 5.57 Å². The standard InChI is InChI=1S/C15H20O3/c1-11(12-7-5-4-6-8-12)9-13(16)14-10-17-15(2,3)18-14/h4-8,13-14,16H,1,9-10H2,2-3H3/t13-,14-/m1/s1. The highest BCUT2D eigenvalue weighted by Crippen LogP contribution is 2.27. The van der Waals surface area contributed by atoms with E-state index in [4.69, 9.17) is 9.47 Å². The molecule has 0 spiro atoms. The molecule has 1 aromatic rings. The lowest BCUT2D eigenvalue weighted by molar-refractivity contribution is -0.150. The molecule has 2 rings (SSSR count). The van der Waals surface area contributed by atoms with Crippen LogP contribution in [-0.2, 0) is 9.47 Å². The number of rotatable bonds is 4. The van der Waals surface area contributed by atoms with E-state index in [-0.39, 0.29) is 6.10 Å². The first kappa shape index (κ1) is 13.3. The van der Waals surface area contributed by atoms with Crippen LogP contribution in [0.5, 0.6) is 0 Å². The van der Waals surface area contributed by atoms with Gasteiger partial charge in [-0.3, -0.25) is 0 Å². The fourth-order valence-electron chi connectivity index (χ4n) is 2.08. The molecule has 0 bridgehead atoms. The third-order valence-electron chi connectivity index (χ3n) is 3.10. The molecule has 1 N–H and O–H groups in total. The Hall–Kier alpha value is -1.16. The normalized spacial score (nSPS) is 23.8. The van der Waals surface area contributed by atoms with Gasteiger partial charge in [0.1, 0.15) is 6.10 Å². The molecule has 0 saturated carbocycles. The van der Waals surface area contributed by atoms with Crippen molar-refractivity contribution in [3.8, 4) is 0 Å². The number of ether oxygens (including phenoxy) is 2. The van der Waals surface area contributed by atoms with Crippen LogP contribution >= 0.6 is 0 Å². The van der Waals surface area contributed by atoms with Gasteiger partial charge in [-0.15, -0.1) is 0 Å². The molecule has 0 radical (unpaired) electrons. The average Bonchev–Trinajstić information content (AvgIpc) is 2.71. The lowest BCUT2D eigenvalue weighted by atomic mass is 9.99. The van der Waals surface area contributed by atoms with Crippen LogP contribution in [0.2, 0.25) is 0 Å². The van der Waals surface area contributed by atoms with Crippen molar-refractivity contribution in [2.24, 2.45) is 0 Å². The number of aliphatic hydroxyl groups excluding tert-OH is 1. The highest BCUT2D eigenvalue weighted by molar-refractivity contribution is 5.63. The average molecular weight is 248 g/mol. The predicted octanol–water partition coefficient (Wildman–Crippen LogP) is 2.60. The van der Waals surface area contributed by atoms with Crippen molar-refractivity contribution in [3.63, 3.8) is 0 Å². The molecule has 0 unspecified atom stereocenters. The van der Waals surface area contributed by atoms with E-state index >= 15 is 0 Å². The Labute approximate surface area is 108 Å². The van der Waals surface area contributed by atoms with E-state index in [1.54, 1.807) is 0 Å². The van der Waals surface area contributed by atoms with Crippen LogP contribution in [0.15, 0.2) is 36.9 Å². The Kier molecular flexibility index (Phi) is 3.85. The highest BCUT2D eigenvalue weighted by atomic mass is 16.7. The van der Waals surface area contributed by atoms with Crippen LogP contribution in [0, 0.1) is 0 Å². The first-order chi connectivity index (χ1) is 8.48. The molecule has 1 heterocycles. The van der Waals surface area contributed by atoms with Crippen molar-refractivity contribution >= 4 is 5.57 Å². The topological polar surface area (TPSA) is 38.7 Å². The quantitative estimate of drug-likeness (QED) is 0.890. The molecule has 18 heavy (non-hydrogen) atoms. The van der Waals surface area contributed by atoms with Crippen molar-refractivity contribution < 1.29 is 14.6 Å². The second-order valence-corrected chi connectivity index (χ2v) is 5.11. The fourth-order valence-corrected chi connectivity index (χ4v) is 2.08. The summed E-state index contributed by atoms with van der Waals surface area (Å²) in [7, 11) is 0. The van der Waals surface area contributed by atoms with Gasteiger partial charge in [-0.25, -0.2) is 0 Å². The minimum atomic E-state index is -0.597. The Morgan fingerprint density at radius 1 is 1.44 bits per heavy atom. The zero-order chi connectivity index (χ0) is 13.2. The maximum Gasteiger partial charge on any atom is 0.163 e. The molecule has 2 atom stereocenters. The summed E-state index contributed by atoms with van der Waals surface area (Å²) in [4.78, 5) is 0. The third-order valence-corrected chi connectivity index (χ3v) is 3.10. The van der Waals surface area contributed by atoms with Gasteiger partial charge in [-0.2, -0.15) is 0 Å². The van der Waals surface area contributed by atoms with Crippen LogP contribution in [0.3, 0.4) is 0 Å². The molecule has 0 amide bonds. The third kappa shape index (κ3) is 3.19. The molecular weight excluding hydrogens is 228 g/mol. The van der Waals surface area contributed by atoms with E-state index in [2.05, 4.69) is 6.58 Å². The first-order valence-corrected chi connectivity index (χ1v) is 6.21. The zero-order valence-electron chi connectivity index (χ0n) is 10.9. The van der Waals surface area contributed by atoms with E-state index in [0.29, 0.717) is 13.0 Å². The second kappa shape index (κ2) is 5.22. The maximum absolute atomic E-state index is 10.1. The predicted molar refractivity (Wildman–Crippen MR) is 71.0 cm³/mol. The molecule has 3 nitrogen and oxygen atoms in total. The summed E-state index contributed by atoms with van der Waals surface area (Å²) in [6.07, 6.45) is -0.367. The van der Waals surface area contributed by atoms with Crippen molar-refractivity contribution in [2.45, 2.75) is 38.3 Å². The lowest BCUT2D eigenvalue weighted by Crippen LogP contribution is -2.30. The van der Waals surface area contributed by atoms with Gasteiger partial charge in [0.25, 0.3) is 0 Å². The SMILES string of the molecule is C=C(C[C@@H](O)[C@H]1COC(C)(C)O1)c1ccccc1. The number of benzene rings is 1. The summed E-state index contributed by atoms with van der Waals surface area (Å²) >= 11 is 0. The Morgan fingerprint density at radius 3 is 2.67 bits per heavy atom. The first-order valence-electron chi connectivity index (χ1n) is 6.21. The molecule has 1 aliphatic rings. The molecule has 1 aromatic carbocycles. The summed E-state index contributed by atoms with van der Waals surface area (Å²) in [5.74, 6) is -0.597. The molecule has 1 saturated heterocycles. The number of aliphatic hydroxyl groups is 1. The van der Waals surface area contributed by atoms with E-state index in [0.717, 1.165) is 11.1 Å². The monoisotopic (exact) mass is 248 g/mol. The maximum atomic E-state index is 10.1. The molecule has 0 aromatic heterocycles. The van der Waals surface area contributed by atoms with Crippen LogP contribution in [-0.4, -0.2) is 29.7 Å². The summed E-state index contributed by atoms with van der Waals surface area (Å²) < 4.78 is 11.1. The van der Waals surface area contributed by atoms with Crippen LogP contribution in [0.4, 0.5) is 0 Å². The lowest BCUT2D eigenvalue weighted by Gasteiger charge is -2.21. The Bertz CT molecular complexity index is 411. The van der Waals surface area contributed by atoms with Gasteiger partial charge in [-0.05, 0) is 25.0 Å². The van der Waals surface area contributed by atoms with Gasteiger partial charge < -0.3 is 14.6 Å². The molecule has 98 valence electrons. The van der Waals surface area contributed by atoms with Crippen molar-refractivity contribution in [1.82, 2.24) is 0 Å². The van der Waals surface area contributed by atoms with Gasteiger partial charge in [0.15, 0.2) is 5.79 Å². The molecule has 0 aliphatic carbocycles. The van der Waals surface area contributed by atoms with E-state index in [1.807, 2.05) is 44.2 Å². The molecule has 1 fully saturated rings. The van der Waals surface area contributed by atoms with Crippen LogP contribution in [0.1, 0.15) is 25.8 Å². The molecular formula is C15H20O3. The Balaban J connectivity index is 1.92. The zero-order valence-corrected chi connectivity index (χ0v) is 10.9. The van der Waals surface area contributed by atoms with Gasteiger partial charge in [0.2, 0.25) is 0 Å². The van der Waals surface area contributed by atoms with Crippen LogP contribution < -0.4 is 0 Å². The summed E-state index contributed by atoms with van der Waals surface area (Å²) in [5, 5.41) is 10.1. The highest BCUT2D eigenvalue weighted by Gasteiger charge is 2.36. The van der Waals surface area contributed by atoms with E-state index < -0.39 is 11.9 Å². The number of hydrogen-bond acceptors (Lipinski definition) is 3. The largest absolute Gasteiger partial charge is 0.390 e. The van der Waals surface area contributed by atoms with Crippen molar-refractivity contribution in [3.05, 3.63) is 42.5 Å². The molecule has 3 heteroatoms. The fraction of sp³-hybridized carbons (Fsp3) is 0.467. The van der Waals surface area contributed by atoms with Crippen molar-refractivity contribution in [2.75, 3.05) is 6.61 Å². The summed E-state index contributed by atoms with van der Waals surface area (Å²) in [5.41, 5.74) is 1.96.